The molecule has 0 spiro atoms. The second-order valence-corrected chi connectivity index (χ2v) is 4.67. The van der Waals surface area contributed by atoms with Crippen LogP contribution in [0.2, 0.25) is 0 Å². The molecule has 1 aliphatic rings. The van der Waals surface area contributed by atoms with Crippen molar-refractivity contribution in [3.8, 4) is 6.07 Å². The van der Waals surface area contributed by atoms with E-state index in [0.29, 0.717) is 19.8 Å². The molecule has 1 aromatic carbocycles. The van der Waals surface area contributed by atoms with Crippen molar-refractivity contribution in [1.29, 1.82) is 5.26 Å². The maximum atomic E-state index is 11.8. The number of hydrogen-bond donors (Lipinski definition) is 1. The monoisotopic (exact) mass is 286 g/mol. The number of nitrogens with one attached hydrogen (secondary N) is 1. The van der Waals surface area contributed by atoms with E-state index >= 15 is 0 Å². The first-order chi connectivity index (χ1) is 10.2. The van der Waals surface area contributed by atoms with Crippen LogP contribution in [0.15, 0.2) is 29.8 Å². The highest BCUT2D eigenvalue weighted by molar-refractivity contribution is 6.01. The summed E-state index contributed by atoms with van der Waals surface area (Å²) in [5.41, 5.74) is 1.82. The van der Waals surface area contributed by atoms with Crippen LogP contribution in [0.1, 0.15) is 30.8 Å². The Morgan fingerprint density at radius 1 is 1.38 bits per heavy atom. The van der Waals surface area contributed by atoms with Crippen molar-refractivity contribution in [3.05, 3.63) is 41.0 Å². The molecule has 2 rings (SSSR count). The molecule has 1 amide bonds. The predicted octanol–water partition coefficient (Wildman–Crippen LogP) is 2.17. The third-order valence-electron chi connectivity index (χ3n) is 3.04. The van der Waals surface area contributed by atoms with E-state index in [4.69, 9.17) is 14.7 Å². The lowest BCUT2D eigenvalue weighted by Gasteiger charge is -2.09. The van der Waals surface area contributed by atoms with E-state index in [1.54, 1.807) is 6.08 Å². The van der Waals surface area contributed by atoms with Gasteiger partial charge >= 0.3 is 0 Å². The first-order valence-electron chi connectivity index (χ1n) is 6.97. The Kier molecular flexibility index (Phi) is 5.50. The van der Waals surface area contributed by atoms with Crippen LogP contribution in [-0.2, 0) is 14.3 Å². The van der Waals surface area contributed by atoms with Crippen LogP contribution in [0.3, 0.4) is 0 Å². The third kappa shape index (κ3) is 4.15. The number of nitriles is 1. The minimum Gasteiger partial charge on any atom is -0.351 e. The van der Waals surface area contributed by atoms with Crippen LogP contribution >= 0.6 is 0 Å². The summed E-state index contributed by atoms with van der Waals surface area (Å²) in [5.74, 6) is -0.342. The maximum absolute atomic E-state index is 11.8. The van der Waals surface area contributed by atoms with Gasteiger partial charge in [0.15, 0.2) is 6.29 Å². The smallest absolute Gasteiger partial charge is 0.261 e. The van der Waals surface area contributed by atoms with Crippen LogP contribution in [0, 0.1) is 11.3 Å². The fourth-order valence-electron chi connectivity index (χ4n) is 1.95. The van der Waals surface area contributed by atoms with Crippen molar-refractivity contribution in [3.63, 3.8) is 0 Å². The molecule has 1 N–H and O–H groups in total. The molecule has 0 unspecified atom stereocenters. The first kappa shape index (κ1) is 15.2. The minimum absolute atomic E-state index is 0.101. The highest BCUT2D eigenvalue weighted by Gasteiger charge is 2.17. The molecule has 110 valence electrons. The van der Waals surface area contributed by atoms with Crippen molar-refractivity contribution in [2.45, 2.75) is 19.6 Å². The second kappa shape index (κ2) is 7.58. The summed E-state index contributed by atoms with van der Waals surface area (Å²) in [7, 11) is 0. The highest BCUT2D eigenvalue weighted by atomic mass is 16.7. The van der Waals surface area contributed by atoms with Crippen LogP contribution in [-0.4, -0.2) is 25.7 Å². The first-order valence-corrected chi connectivity index (χ1v) is 6.97. The normalized spacial score (nSPS) is 15.7. The molecular weight excluding hydrogens is 268 g/mol. The van der Waals surface area contributed by atoms with Gasteiger partial charge in [0.1, 0.15) is 11.6 Å². The number of benzene rings is 1. The Labute approximate surface area is 124 Å². The van der Waals surface area contributed by atoms with E-state index in [-0.39, 0.29) is 17.8 Å². The summed E-state index contributed by atoms with van der Waals surface area (Å²) in [5, 5.41) is 11.8. The van der Waals surface area contributed by atoms with Gasteiger partial charge in [-0.15, -0.1) is 0 Å². The molecule has 1 aromatic rings. The topological polar surface area (TPSA) is 71.4 Å². The average molecular weight is 286 g/mol. The van der Waals surface area contributed by atoms with Crippen molar-refractivity contribution in [2.75, 3.05) is 19.8 Å². The lowest BCUT2D eigenvalue weighted by atomic mass is 10.1. The lowest BCUT2D eigenvalue weighted by Crippen LogP contribution is -2.25. The molecule has 21 heavy (non-hydrogen) atoms. The predicted molar refractivity (Wildman–Crippen MR) is 78.0 cm³/mol. The molecule has 1 saturated heterocycles. The van der Waals surface area contributed by atoms with Crippen molar-refractivity contribution < 1.29 is 14.3 Å². The minimum atomic E-state index is -0.342. The molecule has 5 nitrogen and oxygen atoms in total. The fourth-order valence-corrected chi connectivity index (χ4v) is 1.95. The molecule has 0 aliphatic carbocycles. The number of carbonyl (C=O) groups is 1. The van der Waals surface area contributed by atoms with Gasteiger partial charge in [0, 0.05) is 12.1 Å². The van der Waals surface area contributed by atoms with Gasteiger partial charge in [-0.3, -0.25) is 4.79 Å². The zero-order chi connectivity index (χ0) is 15.1. The molecule has 0 saturated carbocycles. The number of rotatable bonds is 5. The number of hydrogen-bond acceptors (Lipinski definition) is 4. The zero-order valence-electron chi connectivity index (χ0n) is 12.0. The van der Waals surface area contributed by atoms with Gasteiger partial charge in [-0.05, 0) is 18.1 Å². The molecule has 5 heteroatoms. The maximum Gasteiger partial charge on any atom is 0.261 e. The number of carbonyl (C=O) groups excluding carboxylic acids is 1. The summed E-state index contributed by atoms with van der Waals surface area (Å²) in [6.45, 7) is 3.72. The average Bonchev–Trinajstić information content (AvgIpc) is 3.05. The van der Waals surface area contributed by atoms with Crippen molar-refractivity contribution in [1.82, 2.24) is 5.32 Å². The standard InChI is InChI=1S/C16H18N2O3/c1-2-7-18-15(19)14(11-17)10-12-3-5-13(6-4-12)16-20-8-9-21-16/h3-6,10,16H,2,7-9H2,1H3,(H,18,19)/b14-10+. The molecule has 1 heterocycles. The van der Waals surface area contributed by atoms with Gasteiger partial charge in [0.25, 0.3) is 5.91 Å². The van der Waals surface area contributed by atoms with Crippen molar-refractivity contribution >= 4 is 12.0 Å². The van der Waals surface area contributed by atoms with E-state index in [1.165, 1.54) is 0 Å². The molecule has 0 aromatic heterocycles. The Balaban J connectivity index is 2.08. The Morgan fingerprint density at radius 3 is 2.62 bits per heavy atom. The third-order valence-corrected chi connectivity index (χ3v) is 3.04. The number of nitrogens with zero attached hydrogens (tertiary/aromatic N) is 1. The van der Waals surface area contributed by atoms with E-state index in [9.17, 15) is 4.79 Å². The summed E-state index contributed by atoms with van der Waals surface area (Å²) in [6, 6.07) is 9.36. The summed E-state index contributed by atoms with van der Waals surface area (Å²) >= 11 is 0. The van der Waals surface area contributed by atoms with E-state index in [0.717, 1.165) is 17.5 Å². The molecule has 0 radical (unpaired) electrons. The van der Waals surface area contributed by atoms with Crippen LogP contribution < -0.4 is 5.32 Å². The molecule has 0 bridgehead atoms. The highest BCUT2D eigenvalue weighted by Crippen LogP contribution is 2.23. The van der Waals surface area contributed by atoms with E-state index in [1.807, 2.05) is 37.3 Å². The van der Waals surface area contributed by atoms with Gasteiger partial charge in [0.05, 0.1) is 13.2 Å². The zero-order valence-corrected chi connectivity index (χ0v) is 12.0. The van der Waals surface area contributed by atoms with Crippen LogP contribution in [0.25, 0.3) is 6.08 Å². The Bertz CT molecular complexity index is 552. The summed E-state index contributed by atoms with van der Waals surface area (Å²) in [6.07, 6.45) is 2.09. The molecule has 1 aliphatic heterocycles. The van der Waals surface area contributed by atoms with Crippen LogP contribution in [0.5, 0.6) is 0 Å². The summed E-state index contributed by atoms with van der Waals surface area (Å²) < 4.78 is 10.8. The summed E-state index contributed by atoms with van der Waals surface area (Å²) in [4.78, 5) is 11.8. The fraction of sp³-hybridized carbons (Fsp3) is 0.375. The van der Waals surface area contributed by atoms with Crippen molar-refractivity contribution in [2.24, 2.45) is 0 Å². The molecular formula is C16H18N2O3. The second-order valence-electron chi connectivity index (χ2n) is 4.67. The molecule has 1 fully saturated rings. The lowest BCUT2D eigenvalue weighted by molar-refractivity contribution is -0.117. The number of amides is 1. The number of ether oxygens (including phenoxy) is 2. The Hall–Kier alpha value is -2.16. The van der Waals surface area contributed by atoms with Gasteiger partial charge in [0.2, 0.25) is 0 Å². The van der Waals surface area contributed by atoms with Gasteiger partial charge < -0.3 is 14.8 Å². The van der Waals surface area contributed by atoms with Gasteiger partial charge in [-0.2, -0.15) is 5.26 Å². The van der Waals surface area contributed by atoms with Gasteiger partial charge in [-0.1, -0.05) is 31.2 Å². The van der Waals surface area contributed by atoms with Gasteiger partial charge in [-0.25, -0.2) is 0 Å². The molecule has 0 atom stereocenters. The van der Waals surface area contributed by atoms with E-state index in [2.05, 4.69) is 5.32 Å². The Morgan fingerprint density at radius 2 is 2.05 bits per heavy atom. The largest absolute Gasteiger partial charge is 0.351 e. The SMILES string of the molecule is CCCNC(=O)/C(C#N)=C/c1ccc(C2OCCO2)cc1. The van der Waals surface area contributed by atoms with E-state index < -0.39 is 0 Å². The van der Waals surface area contributed by atoms with Crippen LogP contribution in [0.4, 0.5) is 0 Å². The quantitative estimate of drug-likeness (QED) is 0.665.